The average molecular weight is 667 g/mol. The zero-order valence-corrected chi connectivity index (χ0v) is 28.5. The zero-order chi connectivity index (χ0) is 34.7. The number of nitrogens with zero attached hydrogens (tertiary/aromatic N) is 7. The van der Waals surface area contributed by atoms with Crippen LogP contribution in [0.15, 0.2) is 36.9 Å². The van der Waals surface area contributed by atoms with E-state index in [1.54, 1.807) is 12.4 Å². The monoisotopic (exact) mass is 666 g/mol. The van der Waals surface area contributed by atoms with Crippen molar-refractivity contribution in [2.75, 3.05) is 20.1 Å². The van der Waals surface area contributed by atoms with Gasteiger partial charge in [0.05, 0.1) is 47.3 Å². The number of pyridine rings is 1. The van der Waals surface area contributed by atoms with E-state index in [0.29, 0.717) is 40.6 Å². The number of H-pyrrole nitrogens is 1. The van der Waals surface area contributed by atoms with Crippen LogP contribution in [-0.4, -0.2) is 79.0 Å². The Morgan fingerprint density at radius 3 is 2.65 bits per heavy atom. The van der Waals surface area contributed by atoms with E-state index in [2.05, 4.69) is 34.8 Å². The number of likely N-dealkylation sites (N-methyl/N-ethyl adjacent to an activating group) is 1. The molecule has 5 aromatic rings. The normalized spacial score (nSPS) is 20.7. The van der Waals surface area contributed by atoms with Gasteiger partial charge >= 0.3 is 0 Å². The number of nitriles is 1. The van der Waals surface area contributed by atoms with E-state index < -0.39 is 23.6 Å². The second-order valence-electron chi connectivity index (χ2n) is 13.7. The van der Waals surface area contributed by atoms with Crippen molar-refractivity contribution < 1.29 is 18.3 Å². The third kappa shape index (κ3) is 5.40. The summed E-state index contributed by atoms with van der Waals surface area (Å²) in [6.45, 7) is 12.3. The molecule has 254 valence electrons. The number of hydrogen-bond donors (Lipinski definition) is 1. The minimum absolute atomic E-state index is 0.0349. The quantitative estimate of drug-likeness (QED) is 0.186. The molecular formula is C37H40F2N8O2. The standard InChI is InChI=1S/C37H40F2N8O2/c1-19-15-29-27(17-41-44-29)32(21(19)3)31-20(2)14-26-34(33(31)39)43-36(49-23(5)30-8-7-12-45(30)6)28-18-42-47(35(26)28)25-10-13-46(37(48)22(4)38)24(16-25)9-11-40/h14-15,17-18,23-25,30H,4,7-10,12-13,16H2,1-3,5-6H3,(H,41,44)/t23?,24-,25+,30+/m1/s1. The van der Waals surface area contributed by atoms with Crippen molar-refractivity contribution in [1.29, 1.82) is 5.26 Å². The maximum atomic E-state index is 17.3. The summed E-state index contributed by atoms with van der Waals surface area (Å²) in [5, 5.41) is 23.8. The van der Waals surface area contributed by atoms with Crippen LogP contribution in [-0.2, 0) is 4.79 Å². The fraction of sp³-hybridized carbons (Fsp3) is 0.432. The summed E-state index contributed by atoms with van der Waals surface area (Å²) in [5.41, 5.74) is 5.59. The van der Waals surface area contributed by atoms with Gasteiger partial charge in [0.25, 0.3) is 5.91 Å². The van der Waals surface area contributed by atoms with Crippen molar-refractivity contribution in [3.63, 3.8) is 0 Å². The molecule has 0 aliphatic carbocycles. The first-order valence-electron chi connectivity index (χ1n) is 16.8. The number of rotatable bonds is 7. The highest BCUT2D eigenvalue weighted by molar-refractivity contribution is 6.09. The fourth-order valence-electron chi connectivity index (χ4n) is 8.09. The molecule has 0 radical (unpaired) electrons. The summed E-state index contributed by atoms with van der Waals surface area (Å²) < 4.78 is 39.7. The highest BCUT2D eigenvalue weighted by atomic mass is 19.1. The highest BCUT2D eigenvalue weighted by Crippen LogP contribution is 2.43. The summed E-state index contributed by atoms with van der Waals surface area (Å²) in [7, 11) is 2.08. The maximum absolute atomic E-state index is 17.3. The number of aromatic amines is 1. The first-order valence-corrected chi connectivity index (χ1v) is 16.8. The smallest absolute Gasteiger partial charge is 0.282 e. The molecule has 2 aliphatic heterocycles. The Labute approximate surface area is 283 Å². The fourth-order valence-corrected chi connectivity index (χ4v) is 8.09. The molecule has 1 N–H and O–H groups in total. The molecule has 2 aromatic carbocycles. The Hall–Kier alpha value is -4.89. The number of ether oxygens (including phenoxy) is 1. The third-order valence-corrected chi connectivity index (χ3v) is 10.7. The molecule has 0 bridgehead atoms. The lowest BCUT2D eigenvalue weighted by Gasteiger charge is -2.38. The number of carbonyl (C=O) groups is 1. The van der Waals surface area contributed by atoms with Gasteiger partial charge < -0.3 is 9.64 Å². The van der Waals surface area contributed by atoms with E-state index in [4.69, 9.17) is 14.8 Å². The lowest BCUT2D eigenvalue weighted by atomic mass is 9.89. The SMILES string of the molecule is C=C(F)C(=O)N1CC[C@H](n2ncc3c(OC(C)[C@@H]4CCCN4C)nc4c(F)c(-c5c(C)c(C)cc6[nH]ncc56)c(C)cc4c32)C[C@H]1CC#N. The van der Waals surface area contributed by atoms with E-state index in [1.165, 1.54) is 4.90 Å². The van der Waals surface area contributed by atoms with Gasteiger partial charge in [-0.3, -0.25) is 19.5 Å². The van der Waals surface area contributed by atoms with Crippen LogP contribution in [0.4, 0.5) is 8.78 Å². The van der Waals surface area contributed by atoms with Gasteiger partial charge in [-0.05, 0) is 101 Å². The van der Waals surface area contributed by atoms with Crippen LogP contribution in [0, 0.1) is 37.9 Å². The molecule has 49 heavy (non-hydrogen) atoms. The molecule has 3 aromatic heterocycles. The van der Waals surface area contributed by atoms with E-state index in [-0.39, 0.29) is 36.7 Å². The molecule has 0 saturated carbocycles. The molecule has 10 nitrogen and oxygen atoms in total. The van der Waals surface area contributed by atoms with E-state index >= 15 is 4.39 Å². The average Bonchev–Trinajstić information content (AvgIpc) is 3.83. The molecule has 2 fully saturated rings. The number of aromatic nitrogens is 5. The minimum atomic E-state index is -1.05. The molecule has 2 saturated heterocycles. The Morgan fingerprint density at radius 2 is 1.94 bits per heavy atom. The van der Waals surface area contributed by atoms with Gasteiger partial charge in [0, 0.05) is 35.0 Å². The second kappa shape index (κ2) is 12.5. The van der Waals surface area contributed by atoms with Crippen molar-refractivity contribution in [2.45, 2.75) is 84.0 Å². The van der Waals surface area contributed by atoms with Gasteiger partial charge in [-0.25, -0.2) is 13.8 Å². The molecular weight excluding hydrogens is 626 g/mol. The molecule has 2 aliphatic rings. The van der Waals surface area contributed by atoms with Crippen LogP contribution in [0.3, 0.4) is 0 Å². The maximum Gasteiger partial charge on any atom is 0.282 e. The highest BCUT2D eigenvalue weighted by Gasteiger charge is 2.36. The van der Waals surface area contributed by atoms with Crippen LogP contribution >= 0.6 is 0 Å². The zero-order valence-electron chi connectivity index (χ0n) is 28.5. The molecule has 7 rings (SSSR count). The van der Waals surface area contributed by atoms with Crippen molar-refractivity contribution in [1.82, 2.24) is 34.8 Å². The number of piperidine rings is 1. The first kappa shape index (κ1) is 32.6. The first-order chi connectivity index (χ1) is 23.5. The number of aryl methyl sites for hydroxylation is 2. The Morgan fingerprint density at radius 1 is 1.14 bits per heavy atom. The molecule has 1 amide bonds. The van der Waals surface area contributed by atoms with Crippen LogP contribution in [0.5, 0.6) is 5.88 Å². The number of halogens is 2. The van der Waals surface area contributed by atoms with Crippen LogP contribution < -0.4 is 4.74 Å². The summed E-state index contributed by atoms with van der Waals surface area (Å²) >= 11 is 0. The lowest BCUT2D eigenvalue weighted by Crippen LogP contribution is -2.46. The number of amides is 1. The molecule has 12 heteroatoms. The predicted octanol–water partition coefficient (Wildman–Crippen LogP) is 6.98. The van der Waals surface area contributed by atoms with Gasteiger partial charge in [0.15, 0.2) is 11.6 Å². The number of fused-ring (bicyclic) bond motifs is 4. The Bertz CT molecular complexity index is 2180. The molecule has 0 spiro atoms. The summed E-state index contributed by atoms with van der Waals surface area (Å²) in [6, 6.07) is 5.53. The summed E-state index contributed by atoms with van der Waals surface area (Å²) in [6.07, 6.45) is 6.15. The van der Waals surface area contributed by atoms with Gasteiger partial charge in [-0.15, -0.1) is 0 Å². The van der Waals surface area contributed by atoms with Crippen LogP contribution in [0.2, 0.25) is 0 Å². The summed E-state index contributed by atoms with van der Waals surface area (Å²) in [5.74, 6) is -2.01. The third-order valence-electron chi connectivity index (χ3n) is 10.7. The number of nitrogens with one attached hydrogen (secondary N) is 1. The lowest BCUT2D eigenvalue weighted by molar-refractivity contribution is -0.132. The Kier molecular flexibility index (Phi) is 8.35. The topological polar surface area (TPSA) is 116 Å². The number of benzene rings is 2. The van der Waals surface area contributed by atoms with E-state index in [0.717, 1.165) is 52.5 Å². The molecule has 4 atom stereocenters. The number of carbonyl (C=O) groups excluding carboxylic acids is 1. The van der Waals surface area contributed by atoms with Gasteiger partial charge in [0.1, 0.15) is 11.6 Å². The Balaban J connectivity index is 1.43. The largest absolute Gasteiger partial charge is 0.472 e. The number of likely N-dealkylation sites (tertiary alicyclic amines) is 2. The predicted molar refractivity (Wildman–Crippen MR) is 184 cm³/mol. The summed E-state index contributed by atoms with van der Waals surface area (Å²) in [4.78, 5) is 21.2. The van der Waals surface area contributed by atoms with Gasteiger partial charge in [0.2, 0.25) is 5.88 Å². The van der Waals surface area contributed by atoms with Crippen LogP contribution in [0.1, 0.15) is 61.8 Å². The van der Waals surface area contributed by atoms with Gasteiger partial charge in [-0.2, -0.15) is 15.5 Å². The minimum Gasteiger partial charge on any atom is -0.472 e. The second-order valence-corrected chi connectivity index (χ2v) is 13.7. The van der Waals surface area contributed by atoms with Crippen LogP contribution in [0.25, 0.3) is 43.8 Å². The van der Waals surface area contributed by atoms with Gasteiger partial charge in [-0.1, -0.05) is 6.58 Å². The molecule has 1 unspecified atom stereocenters. The van der Waals surface area contributed by atoms with Crippen molar-refractivity contribution in [2.24, 2.45) is 0 Å². The van der Waals surface area contributed by atoms with Crippen molar-refractivity contribution in [3.8, 4) is 23.1 Å². The van der Waals surface area contributed by atoms with Crippen molar-refractivity contribution in [3.05, 3.63) is 59.4 Å². The van der Waals surface area contributed by atoms with Crippen molar-refractivity contribution >= 4 is 38.6 Å². The number of hydrogen-bond acceptors (Lipinski definition) is 7. The van der Waals surface area contributed by atoms with E-state index in [9.17, 15) is 14.4 Å². The molecule has 5 heterocycles. The van der Waals surface area contributed by atoms with E-state index in [1.807, 2.05) is 44.5 Å².